The Bertz CT molecular complexity index is 773. The molecule has 1 N–H and O–H groups in total. The number of methoxy groups -OCH3 is 2. The second kappa shape index (κ2) is 7.95. The summed E-state index contributed by atoms with van der Waals surface area (Å²) in [5, 5.41) is 2.91. The largest absolute Gasteiger partial charge is 0.497 e. The smallest absolute Gasteiger partial charge is 0.227 e. The number of hydrogen-bond donors (Lipinski definition) is 1. The molecule has 0 spiro atoms. The van der Waals surface area contributed by atoms with Gasteiger partial charge in [-0.2, -0.15) is 0 Å². The second-order valence-electron chi connectivity index (χ2n) is 6.16. The van der Waals surface area contributed by atoms with Crippen LogP contribution < -0.4 is 19.7 Å². The SMILES string of the molecule is COc1ccc(N2C[C@@H](C(=O)NCCn3cccc3)CC2=O)c(OC)c1. The van der Waals surface area contributed by atoms with Crippen LogP contribution in [0.5, 0.6) is 11.5 Å². The van der Waals surface area contributed by atoms with Crippen LogP contribution >= 0.6 is 0 Å². The molecule has 0 bridgehead atoms. The van der Waals surface area contributed by atoms with Crippen molar-refractivity contribution in [3.8, 4) is 11.5 Å². The lowest BCUT2D eigenvalue weighted by Crippen LogP contribution is -2.34. The first-order chi connectivity index (χ1) is 12.6. The molecular weight excluding hydrogens is 334 g/mol. The summed E-state index contributed by atoms with van der Waals surface area (Å²) >= 11 is 0. The van der Waals surface area contributed by atoms with Gasteiger partial charge in [0.2, 0.25) is 11.8 Å². The molecule has 0 radical (unpaired) electrons. The monoisotopic (exact) mass is 357 g/mol. The quantitative estimate of drug-likeness (QED) is 0.818. The Balaban J connectivity index is 1.62. The van der Waals surface area contributed by atoms with Gasteiger partial charge in [-0.3, -0.25) is 9.59 Å². The maximum absolute atomic E-state index is 12.4. The Labute approximate surface area is 152 Å². The number of carbonyl (C=O) groups excluding carboxylic acids is 2. The lowest BCUT2D eigenvalue weighted by molar-refractivity contribution is -0.126. The van der Waals surface area contributed by atoms with Crippen molar-refractivity contribution in [3.05, 3.63) is 42.7 Å². The van der Waals surface area contributed by atoms with E-state index in [9.17, 15) is 9.59 Å². The summed E-state index contributed by atoms with van der Waals surface area (Å²) in [5.41, 5.74) is 0.654. The first-order valence-corrected chi connectivity index (χ1v) is 8.53. The number of aromatic nitrogens is 1. The van der Waals surface area contributed by atoms with Gasteiger partial charge in [0, 0.05) is 44.5 Å². The topological polar surface area (TPSA) is 72.8 Å². The highest BCUT2D eigenvalue weighted by molar-refractivity contribution is 6.01. The van der Waals surface area contributed by atoms with Crippen molar-refractivity contribution in [1.82, 2.24) is 9.88 Å². The molecule has 26 heavy (non-hydrogen) atoms. The van der Waals surface area contributed by atoms with Crippen LogP contribution in [-0.4, -0.2) is 43.7 Å². The average molecular weight is 357 g/mol. The third kappa shape index (κ3) is 3.82. The summed E-state index contributed by atoms with van der Waals surface area (Å²) in [6, 6.07) is 9.17. The molecule has 0 unspecified atom stereocenters. The molecule has 7 heteroatoms. The molecule has 2 heterocycles. The number of nitrogens with zero attached hydrogens (tertiary/aromatic N) is 2. The van der Waals surface area contributed by atoms with E-state index >= 15 is 0 Å². The zero-order valence-corrected chi connectivity index (χ0v) is 15.0. The zero-order chi connectivity index (χ0) is 18.5. The fraction of sp³-hybridized carbons (Fsp3) is 0.368. The van der Waals surface area contributed by atoms with Crippen LogP contribution in [0.1, 0.15) is 6.42 Å². The van der Waals surface area contributed by atoms with Crippen LogP contribution in [0, 0.1) is 5.92 Å². The molecule has 3 rings (SSSR count). The van der Waals surface area contributed by atoms with Crippen LogP contribution in [0.2, 0.25) is 0 Å². The van der Waals surface area contributed by atoms with E-state index in [0.29, 0.717) is 36.8 Å². The van der Waals surface area contributed by atoms with E-state index in [1.54, 1.807) is 37.3 Å². The molecule has 1 atom stereocenters. The van der Waals surface area contributed by atoms with Gasteiger partial charge in [0.15, 0.2) is 0 Å². The summed E-state index contributed by atoms with van der Waals surface area (Å²) in [5.74, 6) is 0.654. The van der Waals surface area contributed by atoms with E-state index in [0.717, 1.165) is 0 Å². The molecule has 1 saturated heterocycles. The molecule has 2 aromatic rings. The Morgan fingerprint density at radius 2 is 2.00 bits per heavy atom. The number of benzene rings is 1. The average Bonchev–Trinajstić information content (AvgIpc) is 3.30. The van der Waals surface area contributed by atoms with Crippen molar-refractivity contribution < 1.29 is 19.1 Å². The number of hydrogen-bond acceptors (Lipinski definition) is 4. The highest BCUT2D eigenvalue weighted by Gasteiger charge is 2.36. The van der Waals surface area contributed by atoms with Gasteiger partial charge in [-0.1, -0.05) is 0 Å². The molecule has 1 aromatic carbocycles. The summed E-state index contributed by atoms with van der Waals surface area (Å²) < 4.78 is 12.6. The molecule has 0 aliphatic carbocycles. The van der Waals surface area contributed by atoms with Gasteiger partial charge in [-0.05, 0) is 24.3 Å². The van der Waals surface area contributed by atoms with Gasteiger partial charge >= 0.3 is 0 Å². The van der Waals surface area contributed by atoms with Crippen LogP contribution in [0.25, 0.3) is 0 Å². The highest BCUT2D eigenvalue weighted by Crippen LogP contribution is 2.35. The predicted molar refractivity (Wildman–Crippen MR) is 97.4 cm³/mol. The molecule has 0 saturated carbocycles. The van der Waals surface area contributed by atoms with Crippen molar-refractivity contribution in [3.63, 3.8) is 0 Å². The lowest BCUT2D eigenvalue weighted by Gasteiger charge is -2.20. The minimum Gasteiger partial charge on any atom is -0.497 e. The fourth-order valence-electron chi connectivity index (χ4n) is 3.10. The first kappa shape index (κ1) is 17.8. The number of carbonyl (C=O) groups is 2. The van der Waals surface area contributed by atoms with Crippen molar-refractivity contribution in [2.24, 2.45) is 5.92 Å². The summed E-state index contributed by atoms with van der Waals surface area (Å²) in [6.45, 7) is 1.58. The molecule has 1 aliphatic heterocycles. The minimum absolute atomic E-state index is 0.0842. The third-order valence-electron chi connectivity index (χ3n) is 4.51. The van der Waals surface area contributed by atoms with E-state index < -0.39 is 0 Å². The Kier molecular flexibility index (Phi) is 5.46. The van der Waals surface area contributed by atoms with E-state index in [1.807, 2.05) is 29.1 Å². The van der Waals surface area contributed by atoms with Crippen molar-refractivity contribution >= 4 is 17.5 Å². The zero-order valence-electron chi connectivity index (χ0n) is 15.0. The number of rotatable bonds is 7. The number of ether oxygens (including phenoxy) is 2. The Hall–Kier alpha value is -2.96. The van der Waals surface area contributed by atoms with Crippen molar-refractivity contribution in [2.75, 3.05) is 32.2 Å². The third-order valence-corrected chi connectivity index (χ3v) is 4.51. The van der Waals surface area contributed by atoms with E-state index in [4.69, 9.17) is 9.47 Å². The van der Waals surface area contributed by atoms with Crippen LogP contribution in [0.4, 0.5) is 5.69 Å². The molecule has 2 amide bonds. The van der Waals surface area contributed by atoms with Gasteiger partial charge < -0.3 is 24.3 Å². The normalized spacial score (nSPS) is 16.6. The van der Waals surface area contributed by atoms with Crippen molar-refractivity contribution in [2.45, 2.75) is 13.0 Å². The van der Waals surface area contributed by atoms with Crippen LogP contribution in [0.3, 0.4) is 0 Å². The molecular formula is C19H23N3O4. The van der Waals surface area contributed by atoms with Gasteiger partial charge in [-0.25, -0.2) is 0 Å². The van der Waals surface area contributed by atoms with Gasteiger partial charge in [-0.15, -0.1) is 0 Å². The highest BCUT2D eigenvalue weighted by atomic mass is 16.5. The molecule has 1 fully saturated rings. The second-order valence-corrected chi connectivity index (χ2v) is 6.16. The number of amides is 2. The van der Waals surface area contributed by atoms with Crippen LogP contribution in [0.15, 0.2) is 42.7 Å². The Morgan fingerprint density at radius 3 is 2.69 bits per heavy atom. The van der Waals surface area contributed by atoms with Gasteiger partial charge in [0.25, 0.3) is 0 Å². The number of nitrogens with one attached hydrogen (secondary N) is 1. The molecule has 1 aliphatic rings. The van der Waals surface area contributed by atoms with Gasteiger partial charge in [0.05, 0.1) is 25.8 Å². The summed E-state index contributed by atoms with van der Waals surface area (Å²) in [4.78, 5) is 26.4. The summed E-state index contributed by atoms with van der Waals surface area (Å²) in [7, 11) is 3.12. The summed E-state index contributed by atoms with van der Waals surface area (Å²) in [6.07, 6.45) is 4.09. The Morgan fingerprint density at radius 1 is 1.23 bits per heavy atom. The maximum Gasteiger partial charge on any atom is 0.227 e. The van der Waals surface area contributed by atoms with Gasteiger partial charge in [0.1, 0.15) is 11.5 Å². The predicted octanol–water partition coefficient (Wildman–Crippen LogP) is 1.67. The maximum atomic E-state index is 12.4. The standard InChI is InChI=1S/C19H23N3O4/c1-25-15-5-6-16(17(12-15)26-2)22-13-14(11-18(22)23)19(24)20-7-10-21-8-3-4-9-21/h3-6,8-9,12,14H,7,10-11,13H2,1-2H3,(H,20,24)/t14-/m0/s1. The molecule has 138 valence electrons. The van der Waals surface area contributed by atoms with E-state index in [1.165, 1.54) is 0 Å². The molecule has 1 aromatic heterocycles. The lowest BCUT2D eigenvalue weighted by atomic mass is 10.1. The minimum atomic E-state index is -0.362. The molecule has 7 nitrogen and oxygen atoms in total. The van der Waals surface area contributed by atoms with E-state index in [-0.39, 0.29) is 24.2 Å². The van der Waals surface area contributed by atoms with Crippen molar-refractivity contribution in [1.29, 1.82) is 0 Å². The first-order valence-electron chi connectivity index (χ1n) is 8.53. The van der Waals surface area contributed by atoms with E-state index in [2.05, 4.69) is 5.32 Å². The fourth-order valence-corrected chi connectivity index (χ4v) is 3.10. The number of anilines is 1. The van der Waals surface area contributed by atoms with Crippen LogP contribution in [-0.2, 0) is 16.1 Å².